The number of fused-ring (bicyclic) bond motifs is 3. The number of benzene rings is 2. The number of aliphatic hydroxyl groups excluding tert-OH is 2. The average molecular weight is 824 g/mol. The summed E-state index contributed by atoms with van der Waals surface area (Å²) < 4.78 is 23.0. The van der Waals surface area contributed by atoms with Gasteiger partial charge < -0.3 is 60.8 Å². The molecular formula is C42H53N3O14. The molecule has 1 aliphatic heterocycles. The van der Waals surface area contributed by atoms with Gasteiger partial charge in [-0.1, -0.05) is 31.6 Å². The average Bonchev–Trinajstić information content (AvgIpc) is 3.21. The highest BCUT2D eigenvalue weighted by Crippen LogP contribution is 2.52. The minimum absolute atomic E-state index is 0.0572. The van der Waals surface area contributed by atoms with Crippen molar-refractivity contribution in [3.05, 3.63) is 63.7 Å². The molecule has 59 heavy (non-hydrogen) atoms. The third-order valence-corrected chi connectivity index (χ3v) is 11.9. The van der Waals surface area contributed by atoms with Crippen LogP contribution in [0.3, 0.4) is 0 Å². The Labute approximate surface area is 340 Å². The number of unbranched alkanes of at least 4 members (excludes halogenated alkanes) is 2. The number of carbonyl (C=O) groups excluding carboxylic acids is 5. The smallest absolute Gasteiger partial charge is 0.408 e. The first kappa shape index (κ1) is 43.7. The van der Waals surface area contributed by atoms with Crippen LogP contribution in [0.25, 0.3) is 0 Å². The van der Waals surface area contributed by atoms with Gasteiger partial charge in [-0.25, -0.2) is 4.79 Å². The van der Waals surface area contributed by atoms with Crippen molar-refractivity contribution >= 4 is 29.4 Å². The molecule has 0 aromatic heterocycles. The molecule has 0 saturated carbocycles. The predicted molar refractivity (Wildman–Crippen MR) is 208 cm³/mol. The number of hydrogen-bond acceptors (Lipinski definition) is 15. The highest BCUT2D eigenvalue weighted by molar-refractivity contribution is 6.31. The molecule has 4 aliphatic rings. The number of carbonyl (C=O) groups is 5. The molecule has 0 radical (unpaired) electrons. The summed E-state index contributed by atoms with van der Waals surface area (Å²) in [4.78, 5) is 67.0. The highest BCUT2D eigenvalue weighted by atomic mass is 16.7. The van der Waals surface area contributed by atoms with Gasteiger partial charge in [-0.2, -0.15) is 0 Å². The number of phenolic OH excluding ortho intramolecular Hbond substituents is 2. The molecule has 17 heteroatoms. The summed E-state index contributed by atoms with van der Waals surface area (Å²) in [5.74, 6) is -4.17. The van der Waals surface area contributed by atoms with Crippen molar-refractivity contribution in [2.75, 3.05) is 33.4 Å². The zero-order valence-corrected chi connectivity index (χ0v) is 33.2. The van der Waals surface area contributed by atoms with Crippen LogP contribution in [0.1, 0.15) is 114 Å². The molecule has 9 N–H and O–H groups in total. The summed E-state index contributed by atoms with van der Waals surface area (Å²) in [6, 6.07) is 3.31. The fourth-order valence-corrected chi connectivity index (χ4v) is 8.42. The van der Waals surface area contributed by atoms with E-state index in [1.807, 2.05) is 13.0 Å². The monoisotopic (exact) mass is 823 g/mol. The number of rotatable bonds is 13. The fourth-order valence-electron chi connectivity index (χ4n) is 8.42. The summed E-state index contributed by atoms with van der Waals surface area (Å²) in [6.45, 7) is 1.62. The van der Waals surface area contributed by atoms with Gasteiger partial charge in [-0.3, -0.25) is 19.2 Å². The van der Waals surface area contributed by atoms with Crippen molar-refractivity contribution in [2.45, 2.75) is 107 Å². The first-order valence-electron chi connectivity index (χ1n) is 20.0. The van der Waals surface area contributed by atoms with E-state index in [0.29, 0.717) is 38.8 Å². The van der Waals surface area contributed by atoms with Crippen LogP contribution in [0.2, 0.25) is 0 Å². The Morgan fingerprint density at radius 3 is 2.53 bits per heavy atom. The van der Waals surface area contributed by atoms with Gasteiger partial charge in [0.25, 0.3) is 0 Å². The Bertz CT molecular complexity index is 2000. The number of phenols is 2. The number of ether oxygens (including phenoxy) is 4. The standard InChI is InChI=1S/C42H53N3O14/c1-41(39(53)44-16-7-3-6-15-43)13-5-4-9-22(12-14-41)58-40(54)45-25-17-30(57-21-26(25)47)59-28-19-42(55,29(48)20-46)18-24-32(28)38(52)34-33(36(24)50)35(49)23-10-8-11-27(56-2)31(23)37(34)51/h4,8-11,22,25-26,28,30,46-47,50,52,55H,3,5-7,12-21,43H2,1-2H3,(H,44,53)(H,45,54)/b9-4+. The molecule has 2 amide bonds. The second-order valence-electron chi connectivity index (χ2n) is 15.9. The summed E-state index contributed by atoms with van der Waals surface area (Å²) >= 11 is 0. The van der Waals surface area contributed by atoms with E-state index in [1.165, 1.54) is 25.3 Å². The molecule has 1 fully saturated rings. The second-order valence-corrected chi connectivity index (χ2v) is 15.9. The quantitative estimate of drug-likeness (QED) is 0.0697. The number of aliphatic hydroxyl groups is 3. The Morgan fingerprint density at radius 1 is 1.03 bits per heavy atom. The molecule has 1 heterocycles. The van der Waals surface area contributed by atoms with Crippen molar-refractivity contribution in [1.29, 1.82) is 0 Å². The molecule has 2 aromatic carbocycles. The van der Waals surface area contributed by atoms with Crippen LogP contribution in [-0.2, 0) is 30.2 Å². The lowest BCUT2D eigenvalue weighted by molar-refractivity contribution is -0.225. The van der Waals surface area contributed by atoms with E-state index in [4.69, 9.17) is 24.7 Å². The van der Waals surface area contributed by atoms with Crippen LogP contribution in [-0.4, -0.2) is 118 Å². The SMILES string of the molecule is COc1cccc2c1C(=O)c1c(O)c3c(c(O)c1C2=O)CC(O)(C(=O)CO)CC3OC1CC(NC(=O)OC2/C=C/CCC(C)(C(=O)NCCCCCN)CC2)C(O)CO1. The largest absolute Gasteiger partial charge is 0.507 e. The van der Waals surface area contributed by atoms with Gasteiger partial charge in [0.15, 0.2) is 17.9 Å². The first-order chi connectivity index (χ1) is 28.2. The van der Waals surface area contributed by atoms with E-state index in [2.05, 4.69) is 10.6 Å². The van der Waals surface area contributed by atoms with E-state index in [0.717, 1.165) is 19.3 Å². The number of aromatic hydroxyl groups is 2. The normalized spacial score (nSPS) is 28.2. The molecule has 320 valence electrons. The number of allylic oxidation sites excluding steroid dienone is 1. The molecule has 7 atom stereocenters. The number of amides is 2. The lowest BCUT2D eigenvalue weighted by Gasteiger charge is -2.41. The van der Waals surface area contributed by atoms with E-state index >= 15 is 0 Å². The van der Waals surface area contributed by atoms with Crippen molar-refractivity contribution in [3.63, 3.8) is 0 Å². The number of methoxy groups -OCH3 is 1. The first-order valence-corrected chi connectivity index (χ1v) is 20.0. The maximum atomic E-state index is 13.9. The second kappa shape index (κ2) is 18.1. The van der Waals surface area contributed by atoms with Gasteiger partial charge in [0.05, 0.1) is 48.7 Å². The van der Waals surface area contributed by atoms with Gasteiger partial charge in [0, 0.05) is 47.9 Å². The van der Waals surface area contributed by atoms with Crippen LogP contribution in [0.5, 0.6) is 17.2 Å². The summed E-state index contributed by atoms with van der Waals surface area (Å²) in [5.41, 5.74) is 0.792. The van der Waals surface area contributed by atoms with E-state index in [9.17, 15) is 49.5 Å². The Hall–Kier alpha value is -4.91. The zero-order chi connectivity index (χ0) is 42.6. The number of alkyl carbamates (subject to hydrolysis) is 1. The van der Waals surface area contributed by atoms with Crippen molar-refractivity contribution < 1.29 is 68.5 Å². The lowest BCUT2D eigenvalue weighted by Crippen LogP contribution is -2.53. The third kappa shape index (κ3) is 8.86. The van der Waals surface area contributed by atoms with Crippen LogP contribution in [0.4, 0.5) is 4.79 Å². The van der Waals surface area contributed by atoms with E-state index in [1.54, 1.807) is 6.08 Å². The van der Waals surface area contributed by atoms with Gasteiger partial charge in [-0.15, -0.1) is 0 Å². The van der Waals surface area contributed by atoms with Crippen molar-refractivity contribution in [3.8, 4) is 17.2 Å². The van der Waals surface area contributed by atoms with Crippen LogP contribution >= 0.6 is 0 Å². The maximum Gasteiger partial charge on any atom is 0.408 e. The topological polar surface area (TPSA) is 274 Å². The number of nitrogens with two attached hydrogens (primary N) is 1. The summed E-state index contributed by atoms with van der Waals surface area (Å²) in [6.07, 6.45) is 1.42. The molecule has 7 unspecified atom stereocenters. The van der Waals surface area contributed by atoms with Crippen molar-refractivity contribution in [2.24, 2.45) is 11.1 Å². The molecule has 17 nitrogen and oxygen atoms in total. The van der Waals surface area contributed by atoms with Crippen LogP contribution in [0.15, 0.2) is 30.4 Å². The minimum Gasteiger partial charge on any atom is -0.507 e. The van der Waals surface area contributed by atoms with Crippen LogP contribution < -0.4 is 21.1 Å². The van der Waals surface area contributed by atoms with Gasteiger partial charge in [0.1, 0.15) is 35.6 Å². The lowest BCUT2D eigenvalue weighted by atomic mass is 9.72. The number of hydrogen-bond donors (Lipinski definition) is 8. The molecule has 2 aromatic rings. The minimum atomic E-state index is -2.35. The molecule has 0 spiro atoms. The highest BCUT2D eigenvalue weighted by Gasteiger charge is 2.50. The Balaban J connectivity index is 1.18. The summed E-state index contributed by atoms with van der Waals surface area (Å²) in [7, 11) is 1.31. The predicted octanol–water partition coefficient (Wildman–Crippen LogP) is 2.13. The van der Waals surface area contributed by atoms with Crippen LogP contribution in [0, 0.1) is 5.41 Å². The van der Waals surface area contributed by atoms with Gasteiger partial charge in [0.2, 0.25) is 11.7 Å². The van der Waals surface area contributed by atoms with Gasteiger partial charge in [-0.05, 0) is 57.2 Å². The molecule has 1 saturated heterocycles. The summed E-state index contributed by atoms with van der Waals surface area (Å²) in [5, 5.41) is 61.2. The van der Waals surface area contributed by atoms with Gasteiger partial charge >= 0.3 is 6.09 Å². The molecular weight excluding hydrogens is 770 g/mol. The van der Waals surface area contributed by atoms with E-state index in [-0.39, 0.29) is 46.9 Å². The Kier molecular flexibility index (Phi) is 13.4. The molecule has 6 rings (SSSR count). The van der Waals surface area contributed by atoms with Crippen molar-refractivity contribution in [1.82, 2.24) is 10.6 Å². The maximum absolute atomic E-state index is 13.9. The van der Waals surface area contributed by atoms with E-state index < -0.39 is 107 Å². The third-order valence-electron chi connectivity index (χ3n) is 11.9. The Morgan fingerprint density at radius 2 is 1.80 bits per heavy atom. The number of Topliss-reactive ketones (excluding diaryl/α,β-unsaturated/α-hetero) is 1. The molecule has 3 aliphatic carbocycles. The zero-order valence-electron chi connectivity index (χ0n) is 33.2. The number of ketones is 3. The fraction of sp³-hybridized carbons (Fsp3) is 0.548. The molecule has 0 bridgehead atoms. The number of nitrogens with one attached hydrogen (secondary N) is 2.